The van der Waals surface area contributed by atoms with Crippen LogP contribution in [0.2, 0.25) is 5.02 Å². The Morgan fingerprint density at radius 3 is 2.27 bits per heavy atom. The first-order valence-electron chi connectivity index (χ1n) is 9.36. The van der Waals surface area contributed by atoms with E-state index in [1.54, 1.807) is 38.2 Å². The van der Waals surface area contributed by atoms with Gasteiger partial charge in [0.1, 0.15) is 11.3 Å². The highest BCUT2D eigenvalue weighted by Gasteiger charge is 2.24. The number of carbonyl (C=O) groups is 1. The van der Waals surface area contributed by atoms with Crippen molar-refractivity contribution in [3.8, 4) is 16.9 Å². The van der Waals surface area contributed by atoms with E-state index >= 15 is 0 Å². The Morgan fingerprint density at radius 1 is 0.967 bits per heavy atom. The van der Waals surface area contributed by atoms with Crippen molar-refractivity contribution in [3.63, 3.8) is 0 Å². The maximum Gasteiger partial charge on any atom is 0.267 e. The van der Waals surface area contributed by atoms with Gasteiger partial charge in [0.15, 0.2) is 0 Å². The topological polar surface area (TPSA) is 73.4 Å². The SMILES string of the molecule is Cc1ccc2[nH]c(=O)c(C(=O)N(C)c3ccc(-c4ccccc4)cc3)c(O)c2c1Cl. The lowest BCUT2D eigenvalue weighted by atomic mass is 10.0. The van der Waals surface area contributed by atoms with E-state index in [4.69, 9.17) is 11.6 Å². The summed E-state index contributed by atoms with van der Waals surface area (Å²) in [5.74, 6) is -1.04. The minimum atomic E-state index is -0.669. The van der Waals surface area contributed by atoms with Crippen LogP contribution in [0, 0.1) is 6.92 Å². The van der Waals surface area contributed by atoms with Gasteiger partial charge in [0.2, 0.25) is 0 Å². The zero-order valence-electron chi connectivity index (χ0n) is 16.4. The molecule has 2 N–H and O–H groups in total. The number of aromatic hydroxyl groups is 1. The molecule has 0 unspecified atom stereocenters. The van der Waals surface area contributed by atoms with Crippen molar-refractivity contribution in [1.29, 1.82) is 0 Å². The van der Waals surface area contributed by atoms with Crippen LogP contribution in [0.1, 0.15) is 15.9 Å². The highest BCUT2D eigenvalue weighted by Crippen LogP contribution is 2.34. The molecule has 0 spiro atoms. The monoisotopic (exact) mass is 418 g/mol. The molecule has 150 valence electrons. The van der Waals surface area contributed by atoms with Crippen LogP contribution in [-0.2, 0) is 0 Å². The Morgan fingerprint density at radius 2 is 1.60 bits per heavy atom. The average molecular weight is 419 g/mol. The molecule has 0 radical (unpaired) electrons. The molecular formula is C24H19ClN2O3. The molecule has 0 saturated heterocycles. The van der Waals surface area contributed by atoms with Gasteiger partial charge in [-0.1, -0.05) is 60.1 Å². The molecule has 4 aromatic rings. The molecule has 0 atom stereocenters. The van der Waals surface area contributed by atoms with Crippen LogP contribution in [-0.4, -0.2) is 23.0 Å². The van der Waals surface area contributed by atoms with E-state index in [0.717, 1.165) is 16.7 Å². The number of anilines is 1. The highest BCUT2D eigenvalue weighted by molar-refractivity contribution is 6.37. The molecule has 0 aliphatic rings. The van der Waals surface area contributed by atoms with Gasteiger partial charge in [-0.3, -0.25) is 9.59 Å². The van der Waals surface area contributed by atoms with Crippen molar-refractivity contribution in [2.24, 2.45) is 0 Å². The molecule has 30 heavy (non-hydrogen) atoms. The Bertz CT molecular complexity index is 1310. The summed E-state index contributed by atoms with van der Waals surface area (Å²) in [6.45, 7) is 1.79. The van der Waals surface area contributed by atoms with Crippen molar-refractivity contribution >= 4 is 34.1 Å². The molecule has 0 bridgehead atoms. The van der Waals surface area contributed by atoms with Crippen molar-refractivity contribution in [3.05, 3.63) is 93.2 Å². The van der Waals surface area contributed by atoms with Crippen LogP contribution in [0.3, 0.4) is 0 Å². The maximum atomic E-state index is 13.1. The fraction of sp³-hybridized carbons (Fsp3) is 0.0833. The summed E-state index contributed by atoms with van der Waals surface area (Å²) in [4.78, 5) is 29.6. The van der Waals surface area contributed by atoms with Gasteiger partial charge in [-0.15, -0.1) is 0 Å². The number of aromatic nitrogens is 1. The third-order valence-corrected chi connectivity index (χ3v) is 5.65. The summed E-state index contributed by atoms with van der Waals surface area (Å²) in [5, 5.41) is 11.3. The van der Waals surface area contributed by atoms with Crippen LogP contribution in [0.5, 0.6) is 5.75 Å². The van der Waals surface area contributed by atoms with E-state index < -0.39 is 17.2 Å². The van der Waals surface area contributed by atoms with E-state index in [1.165, 1.54) is 4.90 Å². The predicted octanol–water partition coefficient (Wildman–Crippen LogP) is 5.14. The van der Waals surface area contributed by atoms with Crippen LogP contribution >= 0.6 is 11.6 Å². The number of pyridine rings is 1. The first kappa shape index (κ1) is 19.7. The molecular weight excluding hydrogens is 400 g/mol. The number of H-pyrrole nitrogens is 1. The van der Waals surface area contributed by atoms with E-state index in [-0.39, 0.29) is 10.9 Å². The van der Waals surface area contributed by atoms with Crippen molar-refractivity contribution in [1.82, 2.24) is 4.98 Å². The Labute approximate surface area is 178 Å². The molecule has 1 heterocycles. The van der Waals surface area contributed by atoms with Gasteiger partial charge in [-0.25, -0.2) is 0 Å². The fourth-order valence-corrected chi connectivity index (χ4v) is 3.68. The highest BCUT2D eigenvalue weighted by atomic mass is 35.5. The number of fused-ring (bicyclic) bond motifs is 1. The quantitative estimate of drug-likeness (QED) is 0.484. The molecule has 0 fully saturated rings. The number of rotatable bonds is 3. The molecule has 5 nitrogen and oxygen atoms in total. The minimum absolute atomic E-state index is 0.257. The second kappa shape index (κ2) is 7.69. The maximum absolute atomic E-state index is 13.1. The van der Waals surface area contributed by atoms with E-state index in [9.17, 15) is 14.7 Å². The molecule has 0 aliphatic carbocycles. The number of hydrogen-bond donors (Lipinski definition) is 2. The molecule has 3 aromatic carbocycles. The van der Waals surface area contributed by atoms with Gasteiger partial charge in [-0.05, 0) is 41.8 Å². The lowest BCUT2D eigenvalue weighted by molar-refractivity contribution is 0.0989. The summed E-state index contributed by atoms with van der Waals surface area (Å²) in [7, 11) is 1.56. The number of amides is 1. The number of carbonyl (C=O) groups excluding carboxylic acids is 1. The largest absolute Gasteiger partial charge is 0.506 e. The zero-order valence-corrected chi connectivity index (χ0v) is 17.2. The number of hydrogen-bond acceptors (Lipinski definition) is 3. The average Bonchev–Trinajstić information content (AvgIpc) is 2.76. The van der Waals surface area contributed by atoms with E-state index in [0.29, 0.717) is 16.2 Å². The number of nitrogens with one attached hydrogen (secondary N) is 1. The molecule has 6 heteroatoms. The minimum Gasteiger partial charge on any atom is -0.506 e. The second-order valence-electron chi connectivity index (χ2n) is 7.07. The number of halogens is 1. The number of aromatic amines is 1. The first-order chi connectivity index (χ1) is 14.4. The molecule has 0 saturated carbocycles. The summed E-state index contributed by atoms with van der Waals surface area (Å²) >= 11 is 6.33. The van der Waals surface area contributed by atoms with Gasteiger partial charge in [0.05, 0.1) is 15.9 Å². The normalized spacial score (nSPS) is 10.9. The van der Waals surface area contributed by atoms with E-state index in [2.05, 4.69) is 4.98 Å². The van der Waals surface area contributed by atoms with Crippen LogP contribution in [0.15, 0.2) is 71.5 Å². The van der Waals surface area contributed by atoms with Gasteiger partial charge < -0.3 is 15.0 Å². The second-order valence-corrected chi connectivity index (χ2v) is 7.45. The van der Waals surface area contributed by atoms with Crippen LogP contribution in [0.25, 0.3) is 22.0 Å². The lowest BCUT2D eigenvalue weighted by Gasteiger charge is -2.19. The Hall–Kier alpha value is -3.57. The smallest absolute Gasteiger partial charge is 0.267 e. The van der Waals surface area contributed by atoms with Crippen LogP contribution in [0.4, 0.5) is 5.69 Å². The van der Waals surface area contributed by atoms with Gasteiger partial charge in [0, 0.05) is 12.7 Å². The third kappa shape index (κ3) is 3.33. The summed E-state index contributed by atoms with van der Waals surface area (Å²) in [5.41, 5.74) is 2.76. The lowest BCUT2D eigenvalue weighted by Crippen LogP contribution is -2.31. The Kier molecular flexibility index (Phi) is 5.06. The Balaban J connectivity index is 1.73. The van der Waals surface area contributed by atoms with E-state index in [1.807, 2.05) is 42.5 Å². The number of benzene rings is 3. The summed E-state index contributed by atoms with van der Waals surface area (Å²) < 4.78 is 0. The van der Waals surface area contributed by atoms with Crippen molar-refractivity contribution in [2.45, 2.75) is 6.92 Å². The zero-order chi connectivity index (χ0) is 21.4. The number of nitrogens with zero attached hydrogens (tertiary/aromatic N) is 1. The van der Waals surface area contributed by atoms with Gasteiger partial charge >= 0.3 is 0 Å². The number of aryl methyl sites for hydroxylation is 1. The fourth-order valence-electron chi connectivity index (χ4n) is 3.42. The third-order valence-electron chi connectivity index (χ3n) is 5.16. The molecule has 4 rings (SSSR count). The molecule has 0 aliphatic heterocycles. The molecule has 1 amide bonds. The van der Waals surface area contributed by atoms with Gasteiger partial charge in [0.25, 0.3) is 11.5 Å². The summed E-state index contributed by atoms with van der Waals surface area (Å²) in [6, 6.07) is 20.7. The predicted molar refractivity (Wildman–Crippen MR) is 121 cm³/mol. The van der Waals surface area contributed by atoms with Crippen LogP contribution < -0.4 is 10.5 Å². The summed E-state index contributed by atoms with van der Waals surface area (Å²) in [6.07, 6.45) is 0. The standard InChI is InChI=1S/C24H19ClN2O3/c1-14-8-13-18-19(21(14)25)22(28)20(23(29)26-18)24(30)27(2)17-11-9-16(10-12-17)15-6-4-3-5-7-15/h3-13H,1-2H3,(H2,26,28,29). The van der Waals surface area contributed by atoms with Crippen molar-refractivity contribution in [2.75, 3.05) is 11.9 Å². The molecule has 1 aromatic heterocycles. The first-order valence-corrected chi connectivity index (χ1v) is 9.74. The van der Waals surface area contributed by atoms with Crippen molar-refractivity contribution < 1.29 is 9.90 Å². The van der Waals surface area contributed by atoms with Gasteiger partial charge in [-0.2, -0.15) is 0 Å².